The Labute approximate surface area is 110 Å². The quantitative estimate of drug-likeness (QED) is 0.835. The molecule has 0 aliphatic heterocycles. The fourth-order valence-corrected chi connectivity index (χ4v) is 1.73. The maximum absolute atomic E-state index is 12.0. The van der Waals surface area contributed by atoms with Crippen molar-refractivity contribution >= 4 is 16.9 Å². The number of nitrogens with zero attached hydrogens (tertiary/aromatic N) is 1. The van der Waals surface area contributed by atoms with Crippen LogP contribution in [0.25, 0.3) is 11.0 Å². The van der Waals surface area contributed by atoms with E-state index in [0.29, 0.717) is 25.3 Å². The van der Waals surface area contributed by atoms with Crippen molar-refractivity contribution in [3.05, 3.63) is 34.9 Å². The van der Waals surface area contributed by atoms with Crippen LogP contribution in [0.1, 0.15) is 6.92 Å². The molecule has 2 heterocycles. The third kappa shape index (κ3) is 3.23. The van der Waals surface area contributed by atoms with Crippen LogP contribution in [0.2, 0.25) is 0 Å². The Morgan fingerprint density at radius 1 is 1.47 bits per heavy atom. The van der Waals surface area contributed by atoms with Gasteiger partial charge in [-0.1, -0.05) is 0 Å². The second-order valence-corrected chi connectivity index (χ2v) is 4.01. The second-order valence-electron chi connectivity index (χ2n) is 4.01. The predicted octanol–water partition coefficient (Wildman–Crippen LogP) is 0.747. The van der Waals surface area contributed by atoms with Crippen LogP contribution in [0.5, 0.6) is 0 Å². The average Bonchev–Trinajstić information content (AvgIpc) is 2.88. The first-order chi connectivity index (χ1) is 9.22. The summed E-state index contributed by atoms with van der Waals surface area (Å²) >= 11 is 0. The first-order valence-corrected chi connectivity index (χ1v) is 6.13. The maximum atomic E-state index is 12.0. The number of ether oxygens (including phenoxy) is 1. The number of carbonyl (C=O) groups is 1. The summed E-state index contributed by atoms with van der Waals surface area (Å²) in [6.07, 6.45) is 3.18. The van der Waals surface area contributed by atoms with Gasteiger partial charge in [0.25, 0.3) is 5.56 Å². The van der Waals surface area contributed by atoms with Crippen LogP contribution >= 0.6 is 0 Å². The third-order valence-electron chi connectivity index (χ3n) is 2.70. The Bertz CT molecular complexity index is 614. The SMILES string of the molecule is CCOCC(=O)NCCn1ccc2ccoc2c1=O. The van der Waals surface area contributed by atoms with E-state index in [-0.39, 0.29) is 18.1 Å². The van der Waals surface area contributed by atoms with Gasteiger partial charge in [0, 0.05) is 31.3 Å². The van der Waals surface area contributed by atoms with Gasteiger partial charge < -0.3 is 19.0 Å². The Balaban J connectivity index is 1.93. The molecule has 19 heavy (non-hydrogen) atoms. The minimum Gasteiger partial charge on any atom is -0.459 e. The molecule has 1 amide bonds. The van der Waals surface area contributed by atoms with Gasteiger partial charge in [-0.15, -0.1) is 0 Å². The fourth-order valence-electron chi connectivity index (χ4n) is 1.73. The van der Waals surface area contributed by atoms with Crippen LogP contribution in [-0.4, -0.2) is 30.2 Å². The van der Waals surface area contributed by atoms with Crippen molar-refractivity contribution in [2.45, 2.75) is 13.5 Å². The Morgan fingerprint density at radius 2 is 2.32 bits per heavy atom. The van der Waals surface area contributed by atoms with Crippen molar-refractivity contribution in [3.63, 3.8) is 0 Å². The largest absolute Gasteiger partial charge is 0.459 e. The molecule has 0 fully saturated rings. The fraction of sp³-hybridized carbons (Fsp3) is 0.385. The molecule has 0 spiro atoms. The number of hydrogen-bond acceptors (Lipinski definition) is 4. The van der Waals surface area contributed by atoms with E-state index < -0.39 is 0 Å². The van der Waals surface area contributed by atoms with Crippen molar-refractivity contribution in [2.24, 2.45) is 0 Å². The van der Waals surface area contributed by atoms with Gasteiger partial charge in [-0.3, -0.25) is 9.59 Å². The molecule has 0 atom stereocenters. The summed E-state index contributed by atoms with van der Waals surface area (Å²) < 4.78 is 11.6. The number of fused-ring (bicyclic) bond motifs is 1. The molecule has 102 valence electrons. The van der Waals surface area contributed by atoms with Crippen LogP contribution < -0.4 is 10.9 Å². The summed E-state index contributed by atoms with van der Waals surface area (Å²) in [7, 11) is 0. The van der Waals surface area contributed by atoms with Crippen molar-refractivity contribution in [1.82, 2.24) is 9.88 Å². The van der Waals surface area contributed by atoms with E-state index in [1.165, 1.54) is 10.8 Å². The molecule has 0 saturated heterocycles. The number of pyridine rings is 1. The number of amides is 1. The van der Waals surface area contributed by atoms with E-state index >= 15 is 0 Å². The van der Waals surface area contributed by atoms with Crippen molar-refractivity contribution < 1.29 is 13.9 Å². The Hall–Kier alpha value is -2.08. The molecule has 0 aromatic carbocycles. The normalized spacial score (nSPS) is 10.8. The molecule has 2 rings (SSSR count). The number of carbonyl (C=O) groups excluding carboxylic acids is 1. The Kier molecular flexibility index (Phi) is 4.35. The van der Waals surface area contributed by atoms with E-state index in [2.05, 4.69) is 5.32 Å². The molecule has 6 nitrogen and oxygen atoms in total. The summed E-state index contributed by atoms with van der Waals surface area (Å²) in [5.41, 5.74) is 0.143. The zero-order chi connectivity index (χ0) is 13.7. The average molecular weight is 264 g/mol. The second kappa shape index (κ2) is 6.19. The van der Waals surface area contributed by atoms with Gasteiger partial charge in [-0.2, -0.15) is 0 Å². The molecule has 0 aliphatic rings. The summed E-state index contributed by atoms with van der Waals surface area (Å²) in [5.74, 6) is -0.186. The predicted molar refractivity (Wildman–Crippen MR) is 70.0 cm³/mol. The molecule has 0 unspecified atom stereocenters. The number of aromatic nitrogens is 1. The lowest BCUT2D eigenvalue weighted by Crippen LogP contribution is -2.32. The van der Waals surface area contributed by atoms with Crippen molar-refractivity contribution in [3.8, 4) is 0 Å². The van der Waals surface area contributed by atoms with Crippen LogP contribution in [0.3, 0.4) is 0 Å². The zero-order valence-electron chi connectivity index (χ0n) is 10.7. The van der Waals surface area contributed by atoms with Crippen LogP contribution in [-0.2, 0) is 16.1 Å². The van der Waals surface area contributed by atoms with E-state index in [0.717, 1.165) is 5.39 Å². The van der Waals surface area contributed by atoms with Crippen LogP contribution in [0.4, 0.5) is 0 Å². The van der Waals surface area contributed by atoms with Gasteiger partial charge in [-0.25, -0.2) is 0 Å². The zero-order valence-corrected chi connectivity index (χ0v) is 10.7. The number of rotatable bonds is 6. The van der Waals surface area contributed by atoms with Gasteiger partial charge in [0.05, 0.1) is 6.26 Å². The smallest absolute Gasteiger partial charge is 0.294 e. The lowest BCUT2D eigenvalue weighted by Gasteiger charge is -2.07. The highest BCUT2D eigenvalue weighted by molar-refractivity contribution is 5.77. The molecule has 6 heteroatoms. The summed E-state index contributed by atoms with van der Waals surface area (Å²) in [5, 5.41) is 3.46. The Morgan fingerprint density at radius 3 is 3.11 bits per heavy atom. The summed E-state index contributed by atoms with van der Waals surface area (Å²) in [6, 6.07) is 3.55. The first kappa shape index (κ1) is 13.4. The molecule has 1 N–H and O–H groups in total. The molecule has 2 aromatic heterocycles. The molecule has 0 saturated carbocycles. The third-order valence-corrected chi connectivity index (χ3v) is 2.70. The van der Waals surface area contributed by atoms with E-state index in [1.807, 2.05) is 13.0 Å². The lowest BCUT2D eigenvalue weighted by atomic mass is 10.3. The molecule has 0 aliphatic carbocycles. The van der Waals surface area contributed by atoms with Gasteiger partial charge >= 0.3 is 0 Å². The molecule has 0 bridgehead atoms. The maximum Gasteiger partial charge on any atom is 0.294 e. The van der Waals surface area contributed by atoms with Crippen molar-refractivity contribution in [2.75, 3.05) is 19.8 Å². The van der Waals surface area contributed by atoms with Crippen LogP contribution in [0.15, 0.2) is 33.8 Å². The molecular formula is C13H16N2O4. The summed E-state index contributed by atoms with van der Waals surface area (Å²) in [6.45, 7) is 3.14. The van der Waals surface area contributed by atoms with Gasteiger partial charge in [-0.05, 0) is 19.1 Å². The highest BCUT2D eigenvalue weighted by Crippen LogP contribution is 2.09. The monoisotopic (exact) mass is 264 g/mol. The van der Waals surface area contributed by atoms with E-state index in [4.69, 9.17) is 9.15 Å². The number of nitrogens with one attached hydrogen (secondary N) is 1. The minimum atomic E-state index is -0.193. The molecule has 0 radical (unpaired) electrons. The first-order valence-electron chi connectivity index (χ1n) is 6.13. The minimum absolute atomic E-state index is 0.0443. The standard InChI is InChI=1S/C13H16N2O4/c1-2-18-9-11(16)14-5-7-15-6-3-10-4-8-19-12(10)13(15)17/h3-4,6,8H,2,5,7,9H2,1H3,(H,14,16). The lowest BCUT2D eigenvalue weighted by molar-refractivity contribution is -0.125. The number of furan rings is 1. The number of hydrogen-bond donors (Lipinski definition) is 1. The van der Waals surface area contributed by atoms with Gasteiger partial charge in [0.2, 0.25) is 5.91 Å². The highest BCUT2D eigenvalue weighted by Gasteiger charge is 2.05. The molecule has 2 aromatic rings. The van der Waals surface area contributed by atoms with Gasteiger partial charge in [0.15, 0.2) is 5.58 Å². The van der Waals surface area contributed by atoms with E-state index in [1.54, 1.807) is 12.3 Å². The van der Waals surface area contributed by atoms with Crippen molar-refractivity contribution in [1.29, 1.82) is 0 Å². The topological polar surface area (TPSA) is 73.5 Å². The van der Waals surface area contributed by atoms with Gasteiger partial charge in [0.1, 0.15) is 6.61 Å². The highest BCUT2D eigenvalue weighted by atomic mass is 16.5. The van der Waals surface area contributed by atoms with Crippen LogP contribution in [0, 0.1) is 0 Å². The molecular weight excluding hydrogens is 248 g/mol. The summed E-state index contributed by atoms with van der Waals surface area (Å²) in [4.78, 5) is 23.3. The van der Waals surface area contributed by atoms with E-state index in [9.17, 15) is 9.59 Å².